The van der Waals surface area contributed by atoms with Crippen molar-refractivity contribution < 1.29 is 9.21 Å². The van der Waals surface area contributed by atoms with Gasteiger partial charge in [0, 0.05) is 6.20 Å². The molecular formula is C11H11N3O2. The Hall–Kier alpha value is -2.17. The van der Waals surface area contributed by atoms with Crippen LogP contribution in [0.3, 0.4) is 0 Å². The van der Waals surface area contributed by atoms with Gasteiger partial charge < -0.3 is 9.73 Å². The molecule has 0 aliphatic carbocycles. The second-order valence-electron chi connectivity index (χ2n) is 3.26. The van der Waals surface area contributed by atoms with Crippen molar-refractivity contribution in [3.8, 4) is 0 Å². The lowest BCUT2D eigenvalue weighted by molar-refractivity contribution is 0.0942. The van der Waals surface area contributed by atoms with Gasteiger partial charge in [-0.15, -0.1) is 0 Å². The van der Waals surface area contributed by atoms with Crippen molar-refractivity contribution in [3.05, 3.63) is 47.9 Å². The highest BCUT2D eigenvalue weighted by molar-refractivity contribution is 5.91. The molecule has 0 radical (unpaired) electrons. The van der Waals surface area contributed by atoms with E-state index in [1.165, 1.54) is 0 Å². The van der Waals surface area contributed by atoms with Crippen LogP contribution in [0, 0.1) is 6.92 Å². The molecule has 16 heavy (non-hydrogen) atoms. The summed E-state index contributed by atoms with van der Waals surface area (Å²) in [5.74, 6) is 0.973. The van der Waals surface area contributed by atoms with E-state index in [9.17, 15) is 4.79 Å². The summed E-state index contributed by atoms with van der Waals surface area (Å²) in [4.78, 5) is 19.5. The van der Waals surface area contributed by atoms with Crippen molar-refractivity contribution >= 4 is 5.91 Å². The summed E-state index contributed by atoms with van der Waals surface area (Å²) in [5.41, 5.74) is 0.380. The van der Waals surface area contributed by atoms with Gasteiger partial charge in [-0.2, -0.15) is 0 Å². The zero-order valence-electron chi connectivity index (χ0n) is 8.80. The number of rotatable bonds is 3. The molecular weight excluding hydrogens is 206 g/mol. The van der Waals surface area contributed by atoms with Crippen LogP contribution in [0.5, 0.6) is 0 Å². The van der Waals surface area contributed by atoms with Crippen LogP contribution in [0.4, 0.5) is 0 Å². The Morgan fingerprint density at radius 2 is 2.31 bits per heavy atom. The normalized spacial score (nSPS) is 10.1. The average molecular weight is 217 g/mol. The van der Waals surface area contributed by atoms with E-state index in [0.717, 1.165) is 5.76 Å². The zero-order chi connectivity index (χ0) is 11.4. The Kier molecular flexibility index (Phi) is 2.95. The van der Waals surface area contributed by atoms with Crippen LogP contribution < -0.4 is 5.32 Å². The van der Waals surface area contributed by atoms with E-state index in [2.05, 4.69) is 15.3 Å². The van der Waals surface area contributed by atoms with E-state index < -0.39 is 0 Å². The Morgan fingerprint density at radius 1 is 1.44 bits per heavy atom. The first-order chi connectivity index (χ1) is 7.75. The molecule has 2 heterocycles. The third kappa shape index (κ3) is 2.44. The second kappa shape index (κ2) is 4.57. The number of hydrogen-bond acceptors (Lipinski definition) is 4. The van der Waals surface area contributed by atoms with Gasteiger partial charge in [0.15, 0.2) is 0 Å². The first-order valence-corrected chi connectivity index (χ1v) is 4.86. The van der Waals surface area contributed by atoms with Crippen LogP contribution in [0.1, 0.15) is 22.1 Å². The molecule has 82 valence electrons. The molecule has 0 unspecified atom stereocenters. The maximum Gasteiger partial charge on any atom is 0.270 e. The molecule has 1 amide bonds. The molecule has 0 aromatic carbocycles. The maximum absolute atomic E-state index is 11.6. The molecule has 5 heteroatoms. The van der Waals surface area contributed by atoms with Gasteiger partial charge in [-0.1, -0.05) is 6.07 Å². The van der Waals surface area contributed by atoms with E-state index in [0.29, 0.717) is 11.6 Å². The molecule has 0 saturated carbocycles. The Morgan fingerprint density at radius 3 is 2.94 bits per heavy atom. The van der Waals surface area contributed by atoms with Gasteiger partial charge in [-0.05, 0) is 19.1 Å². The van der Waals surface area contributed by atoms with Crippen LogP contribution in [0.15, 0.2) is 35.0 Å². The summed E-state index contributed by atoms with van der Waals surface area (Å²) in [6.45, 7) is 2.07. The minimum Gasteiger partial charge on any atom is -0.444 e. The quantitative estimate of drug-likeness (QED) is 0.841. The Bertz CT molecular complexity index is 479. The molecule has 0 aliphatic rings. The van der Waals surface area contributed by atoms with E-state index in [1.807, 2.05) is 0 Å². The topological polar surface area (TPSA) is 68.0 Å². The van der Waals surface area contributed by atoms with Gasteiger partial charge in [-0.25, -0.2) is 4.98 Å². The molecule has 2 rings (SSSR count). The van der Waals surface area contributed by atoms with Crippen LogP contribution in [0.2, 0.25) is 0 Å². The Balaban J connectivity index is 1.94. The van der Waals surface area contributed by atoms with Gasteiger partial charge in [0.1, 0.15) is 11.5 Å². The number of pyridine rings is 1. The van der Waals surface area contributed by atoms with Crippen LogP contribution in [-0.2, 0) is 6.54 Å². The highest BCUT2D eigenvalue weighted by Crippen LogP contribution is 2.01. The standard InChI is InChI=1S/C11H11N3O2/c1-8-6-13-10(16-8)7-14-11(15)9-4-2-3-5-12-9/h2-6H,7H2,1H3,(H,14,15). The van der Waals surface area contributed by atoms with E-state index in [1.54, 1.807) is 37.5 Å². The van der Waals surface area contributed by atoms with Crippen LogP contribution >= 0.6 is 0 Å². The molecule has 5 nitrogen and oxygen atoms in total. The minimum atomic E-state index is -0.239. The number of amides is 1. The summed E-state index contributed by atoms with van der Waals surface area (Å²) < 4.78 is 5.22. The summed E-state index contributed by atoms with van der Waals surface area (Å²) in [7, 11) is 0. The molecule has 0 bridgehead atoms. The van der Waals surface area contributed by atoms with Gasteiger partial charge >= 0.3 is 0 Å². The molecule has 0 fully saturated rings. The van der Waals surface area contributed by atoms with Gasteiger partial charge in [0.2, 0.25) is 5.89 Å². The molecule has 1 N–H and O–H groups in total. The lowest BCUT2D eigenvalue weighted by Gasteiger charge is -2.00. The average Bonchev–Trinajstić information content (AvgIpc) is 2.73. The predicted molar refractivity (Wildman–Crippen MR) is 56.6 cm³/mol. The number of carbonyl (C=O) groups excluding carboxylic acids is 1. The fourth-order valence-electron chi connectivity index (χ4n) is 1.23. The first kappa shape index (κ1) is 10.4. The second-order valence-corrected chi connectivity index (χ2v) is 3.26. The fraction of sp³-hybridized carbons (Fsp3) is 0.182. The van der Waals surface area contributed by atoms with E-state index in [4.69, 9.17) is 4.42 Å². The predicted octanol–water partition coefficient (Wildman–Crippen LogP) is 1.31. The molecule has 0 spiro atoms. The van der Waals surface area contributed by atoms with Gasteiger partial charge in [0.05, 0.1) is 12.7 Å². The number of nitrogens with zero attached hydrogens (tertiary/aromatic N) is 2. The molecule has 0 aliphatic heterocycles. The number of nitrogens with one attached hydrogen (secondary N) is 1. The monoisotopic (exact) mass is 217 g/mol. The zero-order valence-corrected chi connectivity index (χ0v) is 8.80. The first-order valence-electron chi connectivity index (χ1n) is 4.86. The van der Waals surface area contributed by atoms with Crippen molar-refractivity contribution in [1.29, 1.82) is 0 Å². The van der Waals surface area contributed by atoms with Gasteiger partial charge in [-0.3, -0.25) is 9.78 Å². The number of hydrogen-bond donors (Lipinski definition) is 1. The highest BCUT2D eigenvalue weighted by atomic mass is 16.4. The minimum absolute atomic E-state index is 0.239. The van der Waals surface area contributed by atoms with Crippen molar-refractivity contribution in [2.24, 2.45) is 0 Å². The number of carbonyl (C=O) groups is 1. The van der Waals surface area contributed by atoms with Gasteiger partial charge in [0.25, 0.3) is 5.91 Å². The summed E-state index contributed by atoms with van der Waals surface area (Å²) in [6, 6.07) is 5.17. The molecule has 2 aromatic rings. The lowest BCUT2D eigenvalue weighted by atomic mass is 10.3. The summed E-state index contributed by atoms with van der Waals surface area (Å²) in [5, 5.41) is 2.67. The van der Waals surface area contributed by atoms with E-state index >= 15 is 0 Å². The Labute approximate surface area is 92.5 Å². The SMILES string of the molecule is Cc1cnc(CNC(=O)c2ccccn2)o1. The molecule has 2 aromatic heterocycles. The van der Waals surface area contributed by atoms with Crippen LogP contribution in [-0.4, -0.2) is 15.9 Å². The van der Waals surface area contributed by atoms with Crippen molar-refractivity contribution in [2.75, 3.05) is 0 Å². The largest absolute Gasteiger partial charge is 0.444 e. The number of aryl methyl sites for hydroxylation is 1. The third-order valence-electron chi connectivity index (χ3n) is 1.97. The summed E-state index contributed by atoms with van der Waals surface area (Å²) >= 11 is 0. The van der Waals surface area contributed by atoms with Crippen molar-refractivity contribution in [1.82, 2.24) is 15.3 Å². The fourth-order valence-corrected chi connectivity index (χ4v) is 1.23. The van der Waals surface area contributed by atoms with Crippen molar-refractivity contribution in [2.45, 2.75) is 13.5 Å². The molecule has 0 atom stereocenters. The highest BCUT2D eigenvalue weighted by Gasteiger charge is 2.07. The molecule has 0 saturated heterocycles. The van der Waals surface area contributed by atoms with Crippen molar-refractivity contribution in [3.63, 3.8) is 0 Å². The van der Waals surface area contributed by atoms with E-state index in [-0.39, 0.29) is 12.5 Å². The number of aromatic nitrogens is 2. The number of oxazole rings is 1. The maximum atomic E-state index is 11.6. The lowest BCUT2D eigenvalue weighted by Crippen LogP contribution is -2.23. The van der Waals surface area contributed by atoms with Crippen LogP contribution in [0.25, 0.3) is 0 Å². The smallest absolute Gasteiger partial charge is 0.270 e. The third-order valence-corrected chi connectivity index (χ3v) is 1.97. The summed E-state index contributed by atoms with van der Waals surface area (Å²) in [6.07, 6.45) is 3.19.